The number of hydrogen-bond donors (Lipinski definition) is 11. The van der Waals surface area contributed by atoms with Crippen molar-refractivity contribution in [3.05, 3.63) is 33.1 Å². The third kappa shape index (κ3) is 11.4. The molecule has 0 unspecified atom stereocenters. The molecule has 3 fully saturated rings. The Kier molecular flexibility index (Phi) is 17.2. The largest absolute Gasteiger partial charge is 0.394 e. The van der Waals surface area contributed by atoms with Crippen LogP contribution in [0.3, 0.4) is 0 Å². The normalized spacial score (nSPS) is 35.7. The van der Waals surface area contributed by atoms with Gasteiger partial charge in [0.25, 0.3) is 5.56 Å². The lowest BCUT2D eigenvalue weighted by atomic mass is 9.91. The van der Waals surface area contributed by atoms with Gasteiger partial charge in [0.05, 0.1) is 18.8 Å². The fraction of sp³-hybridized carbons (Fsp3) is 0.829. The molecule has 0 spiro atoms. The highest BCUT2D eigenvalue weighted by Crippen LogP contribution is 2.34. The Labute approximate surface area is 317 Å². The van der Waals surface area contributed by atoms with Crippen molar-refractivity contribution in [2.45, 2.75) is 176 Å². The molecule has 4 heterocycles. The van der Waals surface area contributed by atoms with Crippen molar-refractivity contribution < 1.29 is 69.4 Å². The third-order valence-corrected chi connectivity index (χ3v) is 10.3. The van der Waals surface area contributed by atoms with Gasteiger partial charge in [-0.3, -0.25) is 23.9 Å². The Hall–Kier alpha value is -2.86. The molecule has 1 aromatic rings. The molecule has 15 atom stereocenters. The van der Waals surface area contributed by atoms with E-state index in [1.54, 1.807) is 0 Å². The van der Waals surface area contributed by atoms with Gasteiger partial charge in [0, 0.05) is 31.5 Å². The zero-order valence-electron chi connectivity index (χ0n) is 31.1. The van der Waals surface area contributed by atoms with Crippen LogP contribution in [0.1, 0.15) is 90.7 Å². The standard InChI is InChI=1S/C35H58N4O16/c1-3-5-7-9-11-20(42)36-23-27(47)25(45)18(15-17(41)31-29(49)30(50)32(54-31)39-14-13-22(44)38-35(39)51)52-33(23)55-34-24(28(48)26(46)19(16-40)53-34)37-21(43)12-10-8-6-4-2/h13-14,17-19,23-34,40-41,45-50H,3-12,15-16H2,1-2H3,(H,36,42)(H,37,43)(H,38,44,51)/t17-,18-,19-,23-,24-,25+,26-,27-,28-,29+,30-,31+,32-,33+,34-/m1/s1. The van der Waals surface area contributed by atoms with Crippen molar-refractivity contribution in [1.29, 1.82) is 0 Å². The topological polar surface area (TPSA) is 312 Å². The van der Waals surface area contributed by atoms with Gasteiger partial charge in [0.15, 0.2) is 18.8 Å². The van der Waals surface area contributed by atoms with Crippen LogP contribution < -0.4 is 21.9 Å². The summed E-state index contributed by atoms with van der Waals surface area (Å²) in [6, 6.07) is -1.93. The second kappa shape index (κ2) is 21.1. The molecule has 20 heteroatoms. The Bertz CT molecular complexity index is 1480. The maximum absolute atomic E-state index is 13.0. The number of carbonyl (C=O) groups excluding carboxylic acids is 2. The monoisotopic (exact) mass is 790 g/mol. The fourth-order valence-electron chi connectivity index (χ4n) is 7.05. The molecular formula is C35H58N4O16. The number of hydrogen-bond acceptors (Lipinski definition) is 16. The molecule has 1 aromatic heterocycles. The number of aliphatic hydroxyl groups excluding tert-OH is 8. The minimum absolute atomic E-state index is 0.0566. The molecule has 0 aromatic carbocycles. The molecule has 3 aliphatic heterocycles. The molecule has 3 aliphatic rings. The number of carbonyl (C=O) groups is 2. The number of aliphatic hydroxyl groups is 8. The van der Waals surface area contributed by atoms with Crippen LogP contribution in [-0.2, 0) is 28.5 Å². The molecule has 0 aliphatic carbocycles. The Morgan fingerprint density at radius 2 is 1.29 bits per heavy atom. The summed E-state index contributed by atoms with van der Waals surface area (Å²) in [5, 5.41) is 92.1. The maximum Gasteiger partial charge on any atom is 0.330 e. The van der Waals surface area contributed by atoms with Gasteiger partial charge in [0.2, 0.25) is 11.8 Å². The molecule has 4 rings (SSSR count). The van der Waals surface area contributed by atoms with E-state index in [1.807, 2.05) is 18.8 Å². The molecule has 55 heavy (non-hydrogen) atoms. The van der Waals surface area contributed by atoms with Crippen LogP contribution in [-0.4, -0.2) is 155 Å². The number of aromatic nitrogens is 2. The van der Waals surface area contributed by atoms with E-state index >= 15 is 0 Å². The highest BCUT2D eigenvalue weighted by atomic mass is 16.8. The van der Waals surface area contributed by atoms with Crippen LogP contribution in [0.15, 0.2) is 21.9 Å². The molecular weight excluding hydrogens is 732 g/mol. The van der Waals surface area contributed by atoms with Gasteiger partial charge in [-0.2, -0.15) is 0 Å². The summed E-state index contributed by atoms with van der Waals surface area (Å²) in [6.07, 6.45) is -14.8. The molecule has 3 saturated heterocycles. The Morgan fingerprint density at radius 3 is 1.80 bits per heavy atom. The van der Waals surface area contributed by atoms with Crippen LogP contribution in [0.4, 0.5) is 0 Å². The molecule has 0 saturated carbocycles. The van der Waals surface area contributed by atoms with E-state index in [0.717, 1.165) is 55.4 Å². The van der Waals surface area contributed by atoms with Gasteiger partial charge in [-0.05, 0) is 12.8 Å². The molecule has 2 amide bonds. The molecule has 20 nitrogen and oxygen atoms in total. The number of nitrogens with one attached hydrogen (secondary N) is 3. The van der Waals surface area contributed by atoms with Crippen molar-refractivity contribution >= 4 is 11.8 Å². The summed E-state index contributed by atoms with van der Waals surface area (Å²) in [4.78, 5) is 51.8. The van der Waals surface area contributed by atoms with Gasteiger partial charge >= 0.3 is 5.69 Å². The highest BCUT2D eigenvalue weighted by Gasteiger charge is 2.53. The number of aromatic amines is 1. The molecule has 11 N–H and O–H groups in total. The fourth-order valence-corrected chi connectivity index (χ4v) is 7.05. The van der Waals surface area contributed by atoms with Gasteiger partial charge in [0.1, 0.15) is 60.9 Å². The number of rotatable bonds is 19. The summed E-state index contributed by atoms with van der Waals surface area (Å²) in [6.45, 7) is 3.25. The van der Waals surface area contributed by atoms with Gasteiger partial charge < -0.3 is 70.4 Å². The van der Waals surface area contributed by atoms with Crippen LogP contribution in [0, 0.1) is 0 Å². The second-order valence-electron chi connectivity index (χ2n) is 14.5. The van der Waals surface area contributed by atoms with Crippen LogP contribution in [0.2, 0.25) is 0 Å². The highest BCUT2D eigenvalue weighted by molar-refractivity contribution is 5.76. The van der Waals surface area contributed by atoms with Crippen molar-refractivity contribution in [2.24, 2.45) is 0 Å². The SMILES string of the molecule is CCCCCCC(=O)N[C@H]1[C@H](O[C@H]2O[C@H](CO)[C@@H](O)[C@H](O)[C@H]2NC(=O)CCCCCC)O[C@H](C[C@@H](O)[C@@H]2O[C@@H](n3ccc(=O)[nH]c3=O)[C@H](O)[C@@H]2O)[C@H](O)[C@@H]1O. The van der Waals surface area contributed by atoms with Crippen molar-refractivity contribution in [3.8, 4) is 0 Å². The molecule has 0 bridgehead atoms. The van der Waals surface area contributed by atoms with Crippen molar-refractivity contribution in [2.75, 3.05) is 6.61 Å². The van der Waals surface area contributed by atoms with Crippen LogP contribution >= 0.6 is 0 Å². The lowest BCUT2D eigenvalue weighted by Gasteiger charge is -2.47. The lowest BCUT2D eigenvalue weighted by Crippen LogP contribution is -2.69. The number of unbranched alkanes of at least 4 members (excludes halogenated alkanes) is 6. The summed E-state index contributed by atoms with van der Waals surface area (Å²) in [7, 11) is 0. The number of H-pyrrole nitrogens is 1. The number of amides is 2. The maximum atomic E-state index is 13.0. The number of nitrogens with zero attached hydrogens (tertiary/aromatic N) is 1. The summed E-state index contributed by atoms with van der Waals surface area (Å²) >= 11 is 0. The first-order chi connectivity index (χ1) is 26.2. The lowest BCUT2D eigenvalue weighted by molar-refractivity contribution is -0.347. The summed E-state index contributed by atoms with van der Waals surface area (Å²) < 4.78 is 24.3. The predicted octanol–water partition coefficient (Wildman–Crippen LogP) is -3.28. The molecule has 0 radical (unpaired) electrons. The van der Waals surface area contributed by atoms with E-state index in [4.69, 9.17) is 18.9 Å². The zero-order chi connectivity index (χ0) is 40.4. The quantitative estimate of drug-likeness (QED) is 0.0612. The average molecular weight is 791 g/mol. The van der Waals surface area contributed by atoms with Crippen molar-refractivity contribution in [3.63, 3.8) is 0 Å². The van der Waals surface area contributed by atoms with E-state index in [0.29, 0.717) is 12.8 Å². The van der Waals surface area contributed by atoms with Gasteiger partial charge in [-0.15, -0.1) is 0 Å². The first kappa shape index (κ1) is 44.8. The van der Waals surface area contributed by atoms with E-state index in [-0.39, 0.29) is 12.8 Å². The Balaban J connectivity index is 1.56. The van der Waals surface area contributed by atoms with Crippen molar-refractivity contribution in [1.82, 2.24) is 20.2 Å². The van der Waals surface area contributed by atoms with Gasteiger partial charge in [-0.1, -0.05) is 52.4 Å². The second-order valence-corrected chi connectivity index (χ2v) is 14.5. The Morgan fingerprint density at radius 1 is 0.764 bits per heavy atom. The van der Waals surface area contributed by atoms with Crippen LogP contribution in [0.5, 0.6) is 0 Å². The third-order valence-electron chi connectivity index (χ3n) is 10.3. The average Bonchev–Trinajstić information content (AvgIpc) is 3.44. The molecule has 314 valence electrons. The van der Waals surface area contributed by atoms with E-state index < -0.39 is 128 Å². The zero-order valence-corrected chi connectivity index (χ0v) is 31.1. The number of ether oxygens (including phenoxy) is 4. The summed E-state index contributed by atoms with van der Waals surface area (Å²) in [5.41, 5.74) is -1.67. The van der Waals surface area contributed by atoms with Gasteiger partial charge in [-0.25, -0.2) is 4.79 Å². The minimum atomic E-state index is -1.82. The van der Waals surface area contributed by atoms with E-state index in [2.05, 4.69) is 10.6 Å². The first-order valence-electron chi connectivity index (χ1n) is 19.1. The smallest absolute Gasteiger partial charge is 0.330 e. The van der Waals surface area contributed by atoms with E-state index in [9.17, 15) is 60.0 Å². The van der Waals surface area contributed by atoms with E-state index in [1.165, 1.54) is 0 Å². The summed E-state index contributed by atoms with van der Waals surface area (Å²) in [5.74, 6) is -1.02. The predicted molar refractivity (Wildman–Crippen MR) is 189 cm³/mol. The first-order valence-corrected chi connectivity index (χ1v) is 19.1. The van der Waals surface area contributed by atoms with Crippen LogP contribution in [0.25, 0.3) is 0 Å². The minimum Gasteiger partial charge on any atom is -0.394 e.